The maximum Gasteiger partial charge on any atom is 0.251 e. The highest BCUT2D eigenvalue weighted by molar-refractivity contribution is 6.35. The summed E-state index contributed by atoms with van der Waals surface area (Å²) in [6, 6.07) is 9.71. The topological polar surface area (TPSA) is 58.6 Å². The smallest absolute Gasteiger partial charge is 0.251 e. The molecule has 0 aliphatic carbocycles. The van der Waals surface area contributed by atoms with E-state index in [0.717, 1.165) is 5.56 Å². The summed E-state index contributed by atoms with van der Waals surface area (Å²) in [7, 11) is 1.47. The number of carbonyl (C=O) groups excluding carboxylic acids is 2. The van der Waals surface area contributed by atoms with E-state index in [1.165, 1.54) is 12.0 Å². The van der Waals surface area contributed by atoms with Crippen molar-refractivity contribution in [3.8, 4) is 5.75 Å². The molecule has 0 saturated carbocycles. The van der Waals surface area contributed by atoms with Crippen LogP contribution in [0.15, 0.2) is 36.4 Å². The van der Waals surface area contributed by atoms with E-state index in [0.29, 0.717) is 35.0 Å². The Morgan fingerprint density at radius 1 is 1.27 bits per heavy atom. The fourth-order valence-corrected chi connectivity index (χ4v) is 3.56. The molecule has 2 aromatic carbocycles. The largest absolute Gasteiger partial charge is 0.495 e. The lowest BCUT2D eigenvalue weighted by molar-refractivity contribution is -0.147. The monoisotopic (exact) mass is 392 g/mol. The Kier molecular flexibility index (Phi) is 5.39. The van der Waals surface area contributed by atoms with Crippen molar-refractivity contribution in [3.05, 3.63) is 57.6 Å². The number of benzene rings is 2. The Labute approximate surface area is 161 Å². The first-order chi connectivity index (χ1) is 12.4. The normalized spacial score (nSPS) is 14.6. The fraction of sp³-hybridized carbons (Fsp3) is 0.263. The van der Waals surface area contributed by atoms with Gasteiger partial charge in [-0.05, 0) is 30.7 Å². The van der Waals surface area contributed by atoms with Crippen LogP contribution in [-0.2, 0) is 9.59 Å². The van der Waals surface area contributed by atoms with Gasteiger partial charge in [0.2, 0.25) is 5.91 Å². The minimum absolute atomic E-state index is 0.104. The molecule has 1 saturated heterocycles. The number of rotatable bonds is 5. The van der Waals surface area contributed by atoms with Crippen molar-refractivity contribution < 1.29 is 14.3 Å². The number of likely N-dealkylation sites (tertiary alicyclic amines) is 1. The second-order valence-corrected chi connectivity index (χ2v) is 6.90. The molecule has 5 nitrogen and oxygen atoms in total. The van der Waals surface area contributed by atoms with Crippen LogP contribution >= 0.6 is 23.2 Å². The summed E-state index contributed by atoms with van der Waals surface area (Å²) in [5.41, 5.74) is 2.07. The van der Waals surface area contributed by atoms with Gasteiger partial charge in [0.25, 0.3) is 5.91 Å². The first-order valence-corrected chi connectivity index (χ1v) is 8.87. The highest BCUT2D eigenvalue weighted by Crippen LogP contribution is 2.40. The van der Waals surface area contributed by atoms with Crippen LogP contribution < -0.4 is 10.1 Å². The minimum Gasteiger partial charge on any atom is -0.495 e. The van der Waals surface area contributed by atoms with E-state index < -0.39 is 6.04 Å². The molecule has 0 aromatic heterocycles. The average molecular weight is 393 g/mol. The third-order valence-corrected chi connectivity index (χ3v) is 4.88. The third-order valence-electron chi connectivity index (χ3n) is 4.39. The number of amides is 2. The van der Waals surface area contributed by atoms with Gasteiger partial charge in [-0.1, -0.05) is 41.4 Å². The summed E-state index contributed by atoms with van der Waals surface area (Å²) in [4.78, 5) is 26.7. The number of para-hydroxylation sites is 1. The van der Waals surface area contributed by atoms with E-state index in [4.69, 9.17) is 27.9 Å². The number of carbonyl (C=O) groups is 2. The Morgan fingerprint density at radius 3 is 2.58 bits per heavy atom. The summed E-state index contributed by atoms with van der Waals surface area (Å²) in [6.45, 7) is 2.38. The summed E-state index contributed by atoms with van der Waals surface area (Å²) >= 11 is 12.4. The van der Waals surface area contributed by atoms with Gasteiger partial charge in [-0.2, -0.15) is 0 Å². The first-order valence-electron chi connectivity index (χ1n) is 8.11. The van der Waals surface area contributed by atoms with Gasteiger partial charge < -0.3 is 15.0 Å². The lowest BCUT2D eigenvalue weighted by Gasteiger charge is -2.38. The van der Waals surface area contributed by atoms with Crippen LogP contribution in [0.25, 0.3) is 0 Å². The molecule has 1 heterocycles. The lowest BCUT2D eigenvalue weighted by atomic mass is 9.98. The Balaban J connectivity index is 2.03. The van der Waals surface area contributed by atoms with E-state index in [2.05, 4.69) is 5.32 Å². The van der Waals surface area contributed by atoms with E-state index >= 15 is 0 Å². The number of hydrogen-bond acceptors (Lipinski definition) is 3. The van der Waals surface area contributed by atoms with Crippen LogP contribution in [0.4, 0.5) is 5.69 Å². The van der Waals surface area contributed by atoms with Gasteiger partial charge in [0.15, 0.2) is 0 Å². The van der Waals surface area contributed by atoms with Crippen molar-refractivity contribution in [1.29, 1.82) is 0 Å². The van der Waals surface area contributed by atoms with Crippen LogP contribution in [0.5, 0.6) is 5.75 Å². The van der Waals surface area contributed by atoms with Crippen LogP contribution in [0.1, 0.15) is 23.6 Å². The van der Waals surface area contributed by atoms with Gasteiger partial charge in [0.1, 0.15) is 11.8 Å². The lowest BCUT2D eigenvalue weighted by Crippen LogP contribution is -2.49. The van der Waals surface area contributed by atoms with Crippen molar-refractivity contribution in [3.63, 3.8) is 0 Å². The molecule has 3 rings (SSSR count). The maximum absolute atomic E-state index is 13.1. The Bertz CT molecular complexity index is 870. The highest BCUT2D eigenvalue weighted by Gasteiger charge is 2.39. The second kappa shape index (κ2) is 7.56. The Morgan fingerprint density at radius 2 is 2.00 bits per heavy atom. The van der Waals surface area contributed by atoms with E-state index in [-0.39, 0.29) is 16.8 Å². The zero-order valence-electron chi connectivity index (χ0n) is 14.4. The van der Waals surface area contributed by atoms with Gasteiger partial charge in [0, 0.05) is 29.2 Å². The molecule has 0 bridgehead atoms. The average Bonchev–Trinajstić information content (AvgIpc) is 2.59. The SMILES string of the molecule is COc1c(Cl)cc(Cl)cc1C(C(=O)Nc1ccccc1C)N1CCC1=O. The number of methoxy groups -OCH3 is 1. The van der Waals surface area contributed by atoms with Crippen molar-refractivity contribution >= 4 is 40.7 Å². The third kappa shape index (κ3) is 3.50. The van der Waals surface area contributed by atoms with Gasteiger partial charge in [0.05, 0.1) is 12.1 Å². The van der Waals surface area contributed by atoms with Gasteiger partial charge in [-0.25, -0.2) is 0 Å². The molecule has 2 aromatic rings. The molecule has 26 heavy (non-hydrogen) atoms. The molecule has 0 spiro atoms. The first kappa shape index (κ1) is 18.5. The van der Waals surface area contributed by atoms with Crippen molar-refractivity contribution in [2.75, 3.05) is 19.0 Å². The molecular formula is C19H18Cl2N2O3. The van der Waals surface area contributed by atoms with E-state index in [1.54, 1.807) is 12.1 Å². The second-order valence-electron chi connectivity index (χ2n) is 6.05. The van der Waals surface area contributed by atoms with Crippen LogP contribution in [0.2, 0.25) is 10.0 Å². The highest BCUT2D eigenvalue weighted by atomic mass is 35.5. The molecule has 1 N–H and O–H groups in total. The standard InChI is InChI=1S/C19H18Cl2N2O3/c1-11-5-3-4-6-15(11)22-19(25)17(23-8-7-16(23)24)13-9-12(20)10-14(21)18(13)26-2/h3-6,9-10,17H,7-8H2,1-2H3,(H,22,25). The number of aryl methyl sites for hydroxylation is 1. The van der Waals surface area contributed by atoms with Crippen molar-refractivity contribution in [2.45, 2.75) is 19.4 Å². The summed E-state index contributed by atoms with van der Waals surface area (Å²) in [5.74, 6) is -0.113. The predicted octanol–water partition coefficient (Wildman–Crippen LogP) is 4.22. The van der Waals surface area contributed by atoms with Crippen LogP contribution in [-0.4, -0.2) is 30.4 Å². The van der Waals surface area contributed by atoms with E-state index in [9.17, 15) is 9.59 Å². The van der Waals surface area contributed by atoms with Crippen LogP contribution in [0, 0.1) is 6.92 Å². The molecule has 7 heteroatoms. The summed E-state index contributed by atoms with van der Waals surface area (Å²) in [6.07, 6.45) is 0.407. The molecule has 1 unspecified atom stereocenters. The van der Waals surface area contributed by atoms with Crippen molar-refractivity contribution in [2.24, 2.45) is 0 Å². The fourth-order valence-electron chi connectivity index (χ4n) is 2.97. The number of ether oxygens (including phenoxy) is 1. The molecule has 136 valence electrons. The van der Waals surface area contributed by atoms with Gasteiger partial charge in [-0.15, -0.1) is 0 Å². The van der Waals surface area contributed by atoms with Gasteiger partial charge in [-0.3, -0.25) is 9.59 Å². The van der Waals surface area contributed by atoms with Gasteiger partial charge >= 0.3 is 0 Å². The molecule has 1 fully saturated rings. The summed E-state index contributed by atoms with van der Waals surface area (Å²) in [5, 5.41) is 3.55. The Hall–Kier alpha value is -2.24. The minimum atomic E-state index is -0.873. The van der Waals surface area contributed by atoms with Crippen LogP contribution in [0.3, 0.4) is 0 Å². The molecule has 0 radical (unpaired) electrons. The number of β-lactam (4-membered cyclic amide) rings is 1. The molecule has 1 atom stereocenters. The zero-order chi connectivity index (χ0) is 18.8. The zero-order valence-corrected chi connectivity index (χ0v) is 15.9. The molecular weight excluding hydrogens is 375 g/mol. The molecule has 2 amide bonds. The number of anilines is 1. The van der Waals surface area contributed by atoms with E-state index in [1.807, 2.05) is 31.2 Å². The number of nitrogens with one attached hydrogen (secondary N) is 1. The number of hydrogen-bond donors (Lipinski definition) is 1. The predicted molar refractivity (Wildman–Crippen MR) is 102 cm³/mol. The van der Waals surface area contributed by atoms with Crippen molar-refractivity contribution in [1.82, 2.24) is 4.90 Å². The molecule has 1 aliphatic heterocycles. The number of halogens is 2. The number of nitrogens with zero attached hydrogens (tertiary/aromatic N) is 1. The maximum atomic E-state index is 13.1. The summed E-state index contributed by atoms with van der Waals surface area (Å²) < 4.78 is 5.38. The quantitative estimate of drug-likeness (QED) is 0.774. The molecule has 1 aliphatic rings.